The third-order valence-electron chi connectivity index (χ3n) is 5.96. The molecule has 11 nitrogen and oxygen atoms in total. The Morgan fingerprint density at radius 3 is 2.42 bits per heavy atom. The van der Waals surface area contributed by atoms with Crippen LogP contribution in [0.3, 0.4) is 0 Å². The molecule has 0 aromatic carbocycles. The van der Waals surface area contributed by atoms with Crippen molar-refractivity contribution < 1.29 is 48.7 Å². The average Bonchev–Trinajstić information content (AvgIpc) is 3.46. The van der Waals surface area contributed by atoms with Crippen molar-refractivity contribution in [1.82, 2.24) is 33.9 Å². The number of aromatic nitrogens is 6. The smallest absolute Gasteiger partial charge is 0.456 e. The molecule has 4 aromatic heterocycles. The lowest BCUT2D eigenvalue weighted by atomic mass is 10.1. The van der Waals surface area contributed by atoms with Gasteiger partial charge in [0.15, 0.2) is 32.9 Å². The van der Waals surface area contributed by atoms with Gasteiger partial charge in [-0.3, -0.25) is 9.20 Å². The van der Waals surface area contributed by atoms with E-state index in [4.69, 9.17) is 0 Å². The third-order valence-corrected chi connectivity index (χ3v) is 7.60. The van der Waals surface area contributed by atoms with Gasteiger partial charge < -0.3 is 9.64 Å². The first-order valence-electron chi connectivity index (χ1n) is 11.2. The lowest BCUT2D eigenvalue weighted by Crippen LogP contribution is -2.58. The Bertz CT molecular complexity index is 1740. The normalized spacial score (nSPS) is 15.9. The van der Waals surface area contributed by atoms with Crippen molar-refractivity contribution in [1.29, 1.82) is 0 Å². The fourth-order valence-corrected chi connectivity index (χ4v) is 4.87. The van der Waals surface area contributed by atoms with E-state index in [1.807, 2.05) is 0 Å². The van der Waals surface area contributed by atoms with Crippen LogP contribution in [-0.2, 0) is 9.84 Å². The molecule has 0 N–H and O–H groups in total. The number of hydrogen-bond acceptors (Lipinski definition) is 8. The van der Waals surface area contributed by atoms with E-state index >= 15 is 0 Å². The number of alkyl halides is 7. The van der Waals surface area contributed by atoms with Gasteiger partial charge >= 0.3 is 12.1 Å². The summed E-state index contributed by atoms with van der Waals surface area (Å²) in [6, 6.07) is 1.16. The predicted molar refractivity (Wildman–Crippen MR) is 120 cm³/mol. The number of sulfone groups is 1. The minimum absolute atomic E-state index is 0.204. The van der Waals surface area contributed by atoms with Gasteiger partial charge in [-0.15, -0.1) is 0 Å². The maximum absolute atomic E-state index is 13.4. The van der Waals surface area contributed by atoms with Crippen molar-refractivity contribution >= 4 is 26.9 Å². The minimum atomic E-state index is -5.88. The topological polar surface area (TPSA) is 124 Å². The molecule has 0 spiro atoms. The molecule has 1 aliphatic rings. The minimum Gasteiger partial charge on any atom is -0.469 e. The molecule has 0 bridgehead atoms. The molecule has 1 fully saturated rings. The first-order valence-corrected chi connectivity index (χ1v) is 12.9. The molecule has 1 aliphatic heterocycles. The number of likely N-dealkylation sites (tertiary alicyclic amines) is 1. The summed E-state index contributed by atoms with van der Waals surface area (Å²) in [4.78, 5) is 25.6. The van der Waals surface area contributed by atoms with Crippen LogP contribution in [-0.4, -0.2) is 91.7 Å². The number of nitrogens with zero attached hydrogens (tertiary/aromatic N) is 7. The number of ether oxygens (including phenoxy) is 1. The molecule has 0 aliphatic carbocycles. The van der Waals surface area contributed by atoms with E-state index in [1.165, 1.54) is 13.1 Å². The monoisotopic (exact) mass is 595 g/mol. The summed E-state index contributed by atoms with van der Waals surface area (Å²) in [6.07, 6.45) is -1.57. The lowest BCUT2D eigenvalue weighted by Gasteiger charge is -2.38. The molecule has 5 heterocycles. The van der Waals surface area contributed by atoms with E-state index < -0.39 is 70.1 Å². The average molecular weight is 595 g/mol. The number of imidazole rings is 1. The van der Waals surface area contributed by atoms with E-state index in [2.05, 4.69) is 24.8 Å². The van der Waals surface area contributed by atoms with Crippen LogP contribution >= 0.6 is 0 Å². The van der Waals surface area contributed by atoms with Crippen LogP contribution in [0.5, 0.6) is 5.88 Å². The molecule has 1 amide bonds. The fraction of sp³-hybridized carbons (Fsp3) is 0.381. The van der Waals surface area contributed by atoms with Crippen LogP contribution in [0.1, 0.15) is 17.4 Å². The summed E-state index contributed by atoms with van der Waals surface area (Å²) in [5.74, 6) is -10.5. The first kappa shape index (κ1) is 27.5. The second-order valence-corrected chi connectivity index (χ2v) is 10.9. The number of fused-ring (bicyclic) bond motifs is 2. The molecule has 1 saturated heterocycles. The molecule has 0 radical (unpaired) electrons. The number of amides is 1. The van der Waals surface area contributed by atoms with Crippen LogP contribution in [0.4, 0.5) is 30.7 Å². The van der Waals surface area contributed by atoms with Crippen molar-refractivity contribution in [2.24, 2.45) is 0 Å². The zero-order valence-electron chi connectivity index (χ0n) is 20.0. The number of carbonyl (C=O) groups is 1. The standard InChI is InChI=1S/C21H16F7N7O4S/c1-2-40(37,38)17-13(15-29-4-3-11(35(15)32-17)18(36)33-8-19(22,23)9-33)14-31-7-12-16(30-5-6-34(12)14)39-10-20(24,25)21(26,27)28/h3-7H,2,8-10H2,1H3. The molecule has 0 saturated carbocycles. The highest BCUT2D eigenvalue weighted by Gasteiger charge is 2.58. The summed E-state index contributed by atoms with van der Waals surface area (Å²) in [5, 5.41) is 3.45. The molecule has 40 heavy (non-hydrogen) atoms. The molecule has 19 heteroatoms. The lowest BCUT2D eigenvalue weighted by molar-refractivity contribution is -0.290. The van der Waals surface area contributed by atoms with Gasteiger partial charge in [-0.2, -0.15) is 27.1 Å². The van der Waals surface area contributed by atoms with Crippen molar-refractivity contribution in [2.75, 3.05) is 25.4 Å². The Balaban J connectivity index is 1.65. The van der Waals surface area contributed by atoms with Gasteiger partial charge in [0.2, 0.25) is 5.88 Å². The number of rotatable bonds is 7. The Kier molecular flexibility index (Phi) is 6.19. The largest absolute Gasteiger partial charge is 0.469 e. The maximum atomic E-state index is 13.4. The van der Waals surface area contributed by atoms with Crippen LogP contribution in [0.15, 0.2) is 35.9 Å². The van der Waals surface area contributed by atoms with Gasteiger partial charge in [0.05, 0.1) is 25.0 Å². The molecular weight excluding hydrogens is 579 g/mol. The highest BCUT2D eigenvalue weighted by molar-refractivity contribution is 7.91. The Hall–Kier alpha value is -4.03. The fourth-order valence-electron chi connectivity index (χ4n) is 3.90. The molecular formula is C21H16F7N7O4S. The van der Waals surface area contributed by atoms with Crippen LogP contribution in [0, 0.1) is 0 Å². The maximum Gasteiger partial charge on any atom is 0.456 e. The quantitative estimate of drug-likeness (QED) is 0.299. The Morgan fingerprint density at radius 2 is 1.80 bits per heavy atom. The van der Waals surface area contributed by atoms with Gasteiger partial charge in [-0.25, -0.2) is 36.7 Å². The van der Waals surface area contributed by atoms with Gasteiger partial charge in [0.25, 0.3) is 11.8 Å². The first-order chi connectivity index (χ1) is 18.6. The van der Waals surface area contributed by atoms with E-state index in [9.17, 15) is 43.9 Å². The zero-order valence-corrected chi connectivity index (χ0v) is 20.8. The van der Waals surface area contributed by atoms with E-state index in [-0.39, 0.29) is 28.2 Å². The molecule has 0 unspecified atom stereocenters. The Morgan fingerprint density at radius 1 is 1.10 bits per heavy atom. The van der Waals surface area contributed by atoms with E-state index in [0.29, 0.717) is 0 Å². The second kappa shape index (κ2) is 9.00. The molecule has 5 rings (SSSR count). The van der Waals surface area contributed by atoms with Gasteiger partial charge in [-0.05, 0) is 6.07 Å². The van der Waals surface area contributed by atoms with Crippen LogP contribution < -0.4 is 4.74 Å². The third kappa shape index (κ3) is 4.46. The summed E-state index contributed by atoms with van der Waals surface area (Å²) in [5.41, 5.74) is -0.950. The summed E-state index contributed by atoms with van der Waals surface area (Å²) < 4.78 is 124. The summed E-state index contributed by atoms with van der Waals surface area (Å²) in [7, 11) is -4.16. The highest BCUT2D eigenvalue weighted by atomic mass is 32.2. The van der Waals surface area contributed by atoms with Crippen molar-refractivity contribution in [3.8, 4) is 17.3 Å². The van der Waals surface area contributed by atoms with Crippen LogP contribution in [0.2, 0.25) is 0 Å². The molecule has 0 atom stereocenters. The Labute approximate surface area is 219 Å². The van der Waals surface area contributed by atoms with Crippen molar-refractivity contribution in [3.05, 3.63) is 36.5 Å². The van der Waals surface area contributed by atoms with Gasteiger partial charge in [0, 0.05) is 18.6 Å². The number of halogens is 7. The van der Waals surface area contributed by atoms with Crippen LogP contribution in [0.25, 0.3) is 22.6 Å². The number of carbonyl (C=O) groups excluding carboxylic acids is 1. The second-order valence-electron chi connectivity index (χ2n) is 8.73. The van der Waals surface area contributed by atoms with Gasteiger partial charge in [-0.1, -0.05) is 6.92 Å². The van der Waals surface area contributed by atoms with E-state index in [1.54, 1.807) is 0 Å². The van der Waals surface area contributed by atoms with Crippen molar-refractivity contribution in [2.45, 2.75) is 30.0 Å². The molecule has 4 aromatic rings. The highest BCUT2D eigenvalue weighted by Crippen LogP contribution is 2.37. The van der Waals surface area contributed by atoms with Crippen molar-refractivity contribution in [3.63, 3.8) is 0 Å². The number of hydrogen-bond donors (Lipinski definition) is 0. The summed E-state index contributed by atoms with van der Waals surface area (Å²) in [6.45, 7) is -2.47. The molecule has 214 valence electrons. The zero-order chi connectivity index (χ0) is 29.3. The van der Waals surface area contributed by atoms with E-state index in [0.717, 1.165) is 38.5 Å². The SMILES string of the molecule is CCS(=O)(=O)c1nn2c(C(=O)N3CC(F)(F)C3)ccnc2c1-c1ncc2c(OCC(F)(F)C(F)(F)F)nccn12. The summed E-state index contributed by atoms with van der Waals surface area (Å²) >= 11 is 0. The van der Waals surface area contributed by atoms with Gasteiger partial charge in [0.1, 0.15) is 16.8 Å². The predicted octanol–water partition coefficient (Wildman–Crippen LogP) is 2.90.